The summed E-state index contributed by atoms with van der Waals surface area (Å²) in [5.74, 6) is 1.60. The van der Waals surface area contributed by atoms with E-state index in [0.717, 1.165) is 5.82 Å². The van der Waals surface area contributed by atoms with Crippen LogP contribution >= 0.6 is 23.1 Å². The Hall–Kier alpha value is -2.57. The summed E-state index contributed by atoms with van der Waals surface area (Å²) in [5.41, 5.74) is 0. The zero-order valence-corrected chi connectivity index (χ0v) is 15.6. The number of nitriles is 1. The summed E-state index contributed by atoms with van der Waals surface area (Å²) in [7, 11) is 0. The molecule has 0 spiro atoms. The van der Waals surface area contributed by atoms with Gasteiger partial charge in [0.1, 0.15) is 11.6 Å². The van der Waals surface area contributed by atoms with Gasteiger partial charge in [-0.1, -0.05) is 17.8 Å². The van der Waals surface area contributed by atoms with E-state index in [0.29, 0.717) is 30.4 Å². The molecule has 0 atom stereocenters. The van der Waals surface area contributed by atoms with Gasteiger partial charge in [-0.15, -0.1) is 16.4 Å². The third-order valence-corrected chi connectivity index (χ3v) is 5.24. The van der Waals surface area contributed by atoms with E-state index in [4.69, 9.17) is 9.68 Å². The van der Waals surface area contributed by atoms with Crippen LogP contribution in [0.15, 0.2) is 45.5 Å². The first kappa shape index (κ1) is 18.2. The standard InChI is InChI=1S/C17H17N5O2S2/c18-6-3-7-22(11-13-4-1-8-24-13)16(23)12-26-17-19-15(20-21-17)10-14-5-2-9-25-14/h1-2,4-5,8-9H,3,7,10-12H2,(H,19,20,21). The van der Waals surface area contributed by atoms with Crippen LogP contribution in [0.4, 0.5) is 0 Å². The molecule has 3 aromatic rings. The van der Waals surface area contributed by atoms with Crippen LogP contribution in [-0.2, 0) is 17.8 Å². The molecule has 26 heavy (non-hydrogen) atoms. The highest BCUT2D eigenvalue weighted by atomic mass is 32.2. The molecule has 0 aromatic carbocycles. The molecule has 134 valence electrons. The molecule has 9 heteroatoms. The van der Waals surface area contributed by atoms with Gasteiger partial charge in [0, 0.05) is 17.8 Å². The van der Waals surface area contributed by atoms with Gasteiger partial charge >= 0.3 is 0 Å². The zero-order valence-electron chi connectivity index (χ0n) is 13.9. The van der Waals surface area contributed by atoms with Crippen LogP contribution in [0.1, 0.15) is 22.9 Å². The molecular weight excluding hydrogens is 370 g/mol. The number of aromatic amines is 1. The lowest BCUT2D eigenvalue weighted by molar-refractivity contribution is -0.129. The third-order valence-electron chi connectivity index (χ3n) is 3.53. The zero-order chi connectivity index (χ0) is 18.2. The Kier molecular flexibility index (Phi) is 6.46. The van der Waals surface area contributed by atoms with Crippen molar-refractivity contribution in [3.05, 3.63) is 52.4 Å². The van der Waals surface area contributed by atoms with Gasteiger partial charge in [-0.2, -0.15) is 5.26 Å². The molecule has 0 aliphatic carbocycles. The average molecular weight is 387 g/mol. The second-order valence-corrected chi connectivity index (χ2v) is 7.39. The number of nitrogens with one attached hydrogen (secondary N) is 1. The molecule has 0 bridgehead atoms. The van der Waals surface area contributed by atoms with E-state index in [1.165, 1.54) is 16.6 Å². The molecule has 3 rings (SSSR count). The molecule has 3 aromatic heterocycles. The van der Waals surface area contributed by atoms with Gasteiger partial charge < -0.3 is 9.32 Å². The number of hydrogen-bond donors (Lipinski definition) is 1. The van der Waals surface area contributed by atoms with Gasteiger partial charge in [-0.25, -0.2) is 4.98 Å². The van der Waals surface area contributed by atoms with Crippen molar-refractivity contribution in [3.8, 4) is 6.07 Å². The van der Waals surface area contributed by atoms with E-state index in [9.17, 15) is 4.79 Å². The summed E-state index contributed by atoms with van der Waals surface area (Å²) < 4.78 is 5.30. The lowest BCUT2D eigenvalue weighted by Gasteiger charge is -2.19. The second kappa shape index (κ2) is 9.22. The summed E-state index contributed by atoms with van der Waals surface area (Å²) in [6, 6.07) is 9.71. The highest BCUT2D eigenvalue weighted by Gasteiger charge is 2.16. The molecule has 0 radical (unpaired) electrons. The maximum absolute atomic E-state index is 12.5. The summed E-state index contributed by atoms with van der Waals surface area (Å²) in [6.07, 6.45) is 2.55. The van der Waals surface area contributed by atoms with E-state index in [2.05, 4.69) is 21.3 Å². The highest BCUT2D eigenvalue weighted by Crippen LogP contribution is 2.17. The number of aromatic nitrogens is 3. The largest absolute Gasteiger partial charge is 0.467 e. The topological polar surface area (TPSA) is 98.8 Å². The number of furan rings is 1. The Bertz CT molecular complexity index is 852. The van der Waals surface area contributed by atoms with Crippen LogP contribution in [0.2, 0.25) is 0 Å². The second-order valence-electron chi connectivity index (χ2n) is 5.41. The number of thioether (sulfide) groups is 1. The van der Waals surface area contributed by atoms with Crippen molar-refractivity contribution in [3.63, 3.8) is 0 Å². The first-order chi connectivity index (χ1) is 12.7. The highest BCUT2D eigenvalue weighted by molar-refractivity contribution is 7.99. The monoisotopic (exact) mass is 387 g/mol. The molecular formula is C17H17N5O2S2. The number of carbonyl (C=O) groups excluding carboxylic acids is 1. The normalized spacial score (nSPS) is 10.6. The van der Waals surface area contributed by atoms with Gasteiger partial charge in [0.25, 0.3) is 0 Å². The van der Waals surface area contributed by atoms with Crippen LogP contribution in [0.3, 0.4) is 0 Å². The summed E-state index contributed by atoms with van der Waals surface area (Å²) in [6.45, 7) is 0.722. The number of nitrogens with zero attached hydrogens (tertiary/aromatic N) is 4. The van der Waals surface area contributed by atoms with Crippen LogP contribution < -0.4 is 0 Å². The molecule has 0 unspecified atom stereocenters. The minimum atomic E-state index is -0.0775. The van der Waals surface area contributed by atoms with Crippen molar-refractivity contribution in [2.45, 2.75) is 24.5 Å². The Morgan fingerprint density at radius 2 is 2.35 bits per heavy atom. The number of H-pyrrole nitrogens is 1. The predicted octanol–water partition coefficient (Wildman–Crippen LogP) is 3.08. The molecule has 1 N–H and O–H groups in total. The number of thiophene rings is 1. The molecule has 0 aliphatic rings. The van der Waals surface area contributed by atoms with Crippen molar-refractivity contribution in [1.82, 2.24) is 20.1 Å². The number of rotatable bonds is 9. The Balaban J connectivity index is 1.54. The molecule has 0 saturated heterocycles. The van der Waals surface area contributed by atoms with Crippen LogP contribution in [0.5, 0.6) is 0 Å². The van der Waals surface area contributed by atoms with Crippen LogP contribution in [0.25, 0.3) is 0 Å². The van der Waals surface area contributed by atoms with Crippen molar-refractivity contribution in [2.24, 2.45) is 0 Å². The molecule has 1 amide bonds. The molecule has 3 heterocycles. The third kappa shape index (κ3) is 5.21. The first-order valence-electron chi connectivity index (χ1n) is 7.98. The summed E-state index contributed by atoms with van der Waals surface area (Å²) >= 11 is 2.95. The van der Waals surface area contributed by atoms with E-state index in [1.54, 1.807) is 28.6 Å². The summed E-state index contributed by atoms with van der Waals surface area (Å²) in [5, 5.41) is 18.4. The average Bonchev–Trinajstić information content (AvgIpc) is 3.40. The van der Waals surface area contributed by atoms with Crippen molar-refractivity contribution < 1.29 is 9.21 Å². The lowest BCUT2D eigenvalue weighted by Crippen LogP contribution is -2.32. The predicted molar refractivity (Wildman–Crippen MR) is 98.6 cm³/mol. The Labute approximate surface area is 159 Å². The van der Waals surface area contributed by atoms with Crippen LogP contribution in [-0.4, -0.2) is 38.3 Å². The van der Waals surface area contributed by atoms with Crippen molar-refractivity contribution in [2.75, 3.05) is 12.3 Å². The molecule has 0 aliphatic heterocycles. The number of carbonyl (C=O) groups is 1. The van der Waals surface area contributed by atoms with Gasteiger partial charge in [0.05, 0.1) is 31.1 Å². The fraction of sp³-hybridized carbons (Fsp3) is 0.294. The first-order valence-corrected chi connectivity index (χ1v) is 9.84. The quantitative estimate of drug-likeness (QED) is 0.567. The van der Waals surface area contributed by atoms with E-state index >= 15 is 0 Å². The fourth-order valence-corrected chi connectivity index (χ4v) is 3.71. The number of hydrogen-bond acceptors (Lipinski definition) is 7. The Morgan fingerprint density at radius 1 is 1.42 bits per heavy atom. The fourth-order valence-electron chi connectivity index (χ4n) is 2.28. The lowest BCUT2D eigenvalue weighted by atomic mass is 10.3. The summed E-state index contributed by atoms with van der Waals surface area (Å²) in [4.78, 5) is 19.7. The minimum Gasteiger partial charge on any atom is -0.467 e. The maximum atomic E-state index is 12.5. The maximum Gasteiger partial charge on any atom is 0.233 e. The molecule has 0 fully saturated rings. The molecule has 0 saturated carbocycles. The van der Waals surface area contributed by atoms with Crippen LogP contribution in [0, 0.1) is 11.3 Å². The van der Waals surface area contributed by atoms with Crippen molar-refractivity contribution >= 4 is 29.0 Å². The smallest absolute Gasteiger partial charge is 0.233 e. The number of amides is 1. The van der Waals surface area contributed by atoms with Gasteiger partial charge in [0.15, 0.2) is 0 Å². The van der Waals surface area contributed by atoms with E-state index in [-0.39, 0.29) is 18.1 Å². The van der Waals surface area contributed by atoms with Gasteiger partial charge in [-0.05, 0) is 23.6 Å². The Morgan fingerprint density at radius 3 is 3.08 bits per heavy atom. The minimum absolute atomic E-state index is 0.0775. The molecule has 7 nitrogen and oxygen atoms in total. The SMILES string of the molecule is N#CCCN(Cc1ccco1)C(=O)CSc1n[nH]c(Cc2cccs2)n1. The van der Waals surface area contributed by atoms with Crippen molar-refractivity contribution in [1.29, 1.82) is 5.26 Å². The van der Waals surface area contributed by atoms with E-state index in [1.807, 2.05) is 23.6 Å². The van der Waals surface area contributed by atoms with E-state index < -0.39 is 0 Å². The van der Waals surface area contributed by atoms with Gasteiger partial charge in [-0.3, -0.25) is 9.89 Å². The van der Waals surface area contributed by atoms with Gasteiger partial charge in [0.2, 0.25) is 11.1 Å².